The van der Waals surface area contributed by atoms with Crippen LogP contribution >= 0.6 is 0 Å². The third-order valence-electron chi connectivity index (χ3n) is 4.57. The molecule has 1 unspecified atom stereocenters. The van der Waals surface area contributed by atoms with Gasteiger partial charge in [0.05, 0.1) is 13.2 Å². The summed E-state index contributed by atoms with van der Waals surface area (Å²) in [6.07, 6.45) is 2.78. The summed E-state index contributed by atoms with van der Waals surface area (Å²) in [5, 5.41) is 13.1. The summed E-state index contributed by atoms with van der Waals surface area (Å²) < 4.78 is 5.56. The minimum absolute atomic E-state index is 0.111. The lowest BCUT2D eigenvalue weighted by molar-refractivity contribution is 0.0792. The van der Waals surface area contributed by atoms with E-state index >= 15 is 0 Å². The van der Waals surface area contributed by atoms with Gasteiger partial charge >= 0.3 is 0 Å². The third-order valence-corrected chi connectivity index (χ3v) is 4.57. The van der Waals surface area contributed by atoms with Gasteiger partial charge in [-0.25, -0.2) is 0 Å². The molecule has 0 aromatic heterocycles. The van der Waals surface area contributed by atoms with Crippen LogP contribution in [0.3, 0.4) is 0 Å². The second-order valence-electron chi connectivity index (χ2n) is 6.34. The topological polar surface area (TPSA) is 44.7 Å². The predicted molar refractivity (Wildman–Crippen MR) is 90.1 cm³/mol. The van der Waals surface area contributed by atoms with Crippen molar-refractivity contribution in [1.82, 2.24) is 10.2 Å². The predicted octanol–water partition coefficient (Wildman–Crippen LogP) is 2.54. The fraction of sp³-hybridized carbons (Fsp3) is 0.667. The Balaban J connectivity index is 1.96. The molecule has 1 atom stereocenters. The maximum Gasteiger partial charge on any atom is 0.123 e. The quantitative estimate of drug-likeness (QED) is 0.812. The number of nitrogens with one attached hydrogen (secondary N) is 1. The van der Waals surface area contributed by atoms with Crippen molar-refractivity contribution < 1.29 is 9.84 Å². The Bertz CT molecular complexity index is 456. The maximum absolute atomic E-state index is 9.58. The number of hydrogen-bond acceptors (Lipinski definition) is 4. The van der Waals surface area contributed by atoms with E-state index < -0.39 is 0 Å². The van der Waals surface area contributed by atoms with Crippen molar-refractivity contribution in [3.63, 3.8) is 0 Å². The van der Waals surface area contributed by atoms with E-state index in [0.717, 1.165) is 51.2 Å². The first-order chi connectivity index (χ1) is 10.6. The van der Waals surface area contributed by atoms with Crippen LogP contribution in [0.15, 0.2) is 18.2 Å². The van der Waals surface area contributed by atoms with Crippen LogP contribution in [-0.2, 0) is 13.1 Å². The van der Waals surface area contributed by atoms with E-state index in [2.05, 4.69) is 42.3 Å². The lowest BCUT2D eigenvalue weighted by atomic mass is 10.1. The standard InChI is InChI=1S/C18H30N2O2/c1-4-14(2)19-12-16-6-5-15(11-18(16)22-3)13-20-9-7-17(21)8-10-20/h5-6,11,14,17,19,21H,4,7-10,12-13H2,1-3H3. The molecule has 0 saturated carbocycles. The average molecular weight is 306 g/mol. The molecule has 4 heteroatoms. The Kier molecular flexibility index (Phi) is 6.68. The number of hydrogen-bond donors (Lipinski definition) is 2. The molecule has 0 spiro atoms. The molecule has 1 aromatic carbocycles. The highest BCUT2D eigenvalue weighted by Crippen LogP contribution is 2.22. The first-order valence-corrected chi connectivity index (χ1v) is 8.42. The summed E-state index contributed by atoms with van der Waals surface area (Å²) in [4.78, 5) is 2.40. The second kappa shape index (κ2) is 8.51. The summed E-state index contributed by atoms with van der Waals surface area (Å²) in [5.74, 6) is 0.963. The number of ether oxygens (including phenoxy) is 1. The monoisotopic (exact) mass is 306 g/mol. The van der Waals surface area contributed by atoms with E-state index in [1.165, 1.54) is 11.1 Å². The zero-order valence-electron chi connectivity index (χ0n) is 14.1. The van der Waals surface area contributed by atoms with Gasteiger partial charge < -0.3 is 15.2 Å². The molecule has 2 rings (SSSR count). The van der Waals surface area contributed by atoms with Crippen molar-refractivity contribution in [2.45, 2.75) is 58.3 Å². The largest absolute Gasteiger partial charge is 0.496 e. The summed E-state index contributed by atoms with van der Waals surface area (Å²) in [6, 6.07) is 7.03. The molecule has 1 heterocycles. The highest BCUT2D eigenvalue weighted by atomic mass is 16.5. The minimum Gasteiger partial charge on any atom is -0.496 e. The number of likely N-dealkylation sites (tertiary alicyclic amines) is 1. The minimum atomic E-state index is -0.111. The number of rotatable bonds is 7. The molecule has 1 aliphatic rings. The number of nitrogens with zero attached hydrogens (tertiary/aromatic N) is 1. The van der Waals surface area contributed by atoms with Crippen LogP contribution in [0.4, 0.5) is 0 Å². The Morgan fingerprint density at radius 3 is 2.73 bits per heavy atom. The average Bonchev–Trinajstić information content (AvgIpc) is 2.55. The Hall–Kier alpha value is -1.10. The van der Waals surface area contributed by atoms with Crippen molar-refractivity contribution >= 4 is 0 Å². The van der Waals surface area contributed by atoms with Gasteiger partial charge in [0.2, 0.25) is 0 Å². The van der Waals surface area contributed by atoms with E-state index in [-0.39, 0.29) is 6.10 Å². The lowest BCUT2D eigenvalue weighted by Gasteiger charge is -2.29. The second-order valence-corrected chi connectivity index (χ2v) is 6.34. The fourth-order valence-electron chi connectivity index (χ4n) is 2.80. The van der Waals surface area contributed by atoms with Gasteiger partial charge in [-0.05, 0) is 37.8 Å². The number of methoxy groups -OCH3 is 1. The molecular weight excluding hydrogens is 276 g/mol. The molecule has 2 N–H and O–H groups in total. The summed E-state index contributed by atoms with van der Waals surface area (Å²) in [7, 11) is 1.74. The van der Waals surface area contributed by atoms with Crippen molar-refractivity contribution in [3.05, 3.63) is 29.3 Å². The van der Waals surface area contributed by atoms with Crippen molar-refractivity contribution in [2.75, 3.05) is 20.2 Å². The van der Waals surface area contributed by atoms with Crippen LogP contribution in [0.1, 0.15) is 44.2 Å². The number of piperidine rings is 1. The van der Waals surface area contributed by atoms with Crippen LogP contribution in [0.25, 0.3) is 0 Å². The first kappa shape index (κ1) is 17.3. The smallest absolute Gasteiger partial charge is 0.123 e. The molecule has 124 valence electrons. The van der Waals surface area contributed by atoms with Crippen LogP contribution < -0.4 is 10.1 Å². The molecule has 0 radical (unpaired) electrons. The molecule has 0 bridgehead atoms. The Labute approximate surface area is 134 Å². The molecular formula is C18H30N2O2. The van der Waals surface area contributed by atoms with E-state index in [1.54, 1.807) is 7.11 Å². The van der Waals surface area contributed by atoms with Gasteiger partial charge in [0, 0.05) is 37.8 Å². The van der Waals surface area contributed by atoms with E-state index in [0.29, 0.717) is 6.04 Å². The van der Waals surface area contributed by atoms with Gasteiger partial charge in [-0.1, -0.05) is 19.1 Å². The number of aliphatic hydroxyl groups excluding tert-OH is 1. The van der Waals surface area contributed by atoms with Gasteiger partial charge in [0.25, 0.3) is 0 Å². The van der Waals surface area contributed by atoms with Gasteiger partial charge in [-0.2, -0.15) is 0 Å². The molecule has 4 nitrogen and oxygen atoms in total. The van der Waals surface area contributed by atoms with Gasteiger partial charge in [-0.3, -0.25) is 4.90 Å². The number of benzene rings is 1. The summed E-state index contributed by atoms with van der Waals surface area (Å²) >= 11 is 0. The highest BCUT2D eigenvalue weighted by molar-refractivity contribution is 5.37. The van der Waals surface area contributed by atoms with Crippen molar-refractivity contribution in [3.8, 4) is 5.75 Å². The first-order valence-electron chi connectivity index (χ1n) is 8.42. The van der Waals surface area contributed by atoms with Gasteiger partial charge in [0.15, 0.2) is 0 Å². The zero-order valence-corrected chi connectivity index (χ0v) is 14.1. The molecule has 1 saturated heterocycles. The molecule has 1 aliphatic heterocycles. The fourth-order valence-corrected chi connectivity index (χ4v) is 2.80. The molecule has 22 heavy (non-hydrogen) atoms. The molecule has 0 amide bonds. The van der Waals surface area contributed by atoms with Crippen LogP contribution in [-0.4, -0.2) is 42.4 Å². The van der Waals surface area contributed by atoms with E-state index in [4.69, 9.17) is 4.74 Å². The molecule has 1 aromatic rings. The van der Waals surface area contributed by atoms with Gasteiger partial charge in [0.1, 0.15) is 5.75 Å². The Morgan fingerprint density at radius 2 is 2.09 bits per heavy atom. The van der Waals surface area contributed by atoms with E-state index in [9.17, 15) is 5.11 Å². The van der Waals surface area contributed by atoms with Crippen LogP contribution in [0.5, 0.6) is 5.75 Å². The normalized spacial score (nSPS) is 18.4. The number of aliphatic hydroxyl groups is 1. The van der Waals surface area contributed by atoms with E-state index in [1.807, 2.05) is 0 Å². The van der Waals surface area contributed by atoms with Crippen molar-refractivity contribution in [1.29, 1.82) is 0 Å². The Morgan fingerprint density at radius 1 is 1.36 bits per heavy atom. The maximum atomic E-state index is 9.58. The van der Waals surface area contributed by atoms with Crippen LogP contribution in [0.2, 0.25) is 0 Å². The van der Waals surface area contributed by atoms with Crippen LogP contribution in [0, 0.1) is 0 Å². The molecule has 1 fully saturated rings. The lowest BCUT2D eigenvalue weighted by Crippen LogP contribution is -2.35. The zero-order chi connectivity index (χ0) is 15.9. The summed E-state index contributed by atoms with van der Waals surface area (Å²) in [6.45, 7) is 8.11. The highest BCUT2D eigenvalue weighted by Gasteiger charge is 2.17. The summed E-state index contributed by atoms with van der Waals surface area (Å²) in [5.41, 5.74) is 2.49. The van der Waals surface area contributed by atoms with Gasteiger partial charge in [-0.15, -0.1) is 0 Å². The van der Waals surface area contributed by atoms with Crippen molar-refractivity contribution in [2.24, 2.45) is 0 Å². The third kappa shape index (κ3) is 4.97. The SMILES string of the molecule is CCC(C)NCc1ccc(CN2CCC(O)CC2)cc1OC. The molecule has 0 aliphatic carbocycles.